The number of hydrogen-bond donors (Lipinski definition) is 1. The largest absolute Gasteiger partial charge is 0.496 e. The van der Waals surface area contributed by atoms with Gasteiger partial charge in [-0.05, 0) is 18.2 Å². The van der Waals surface area contributed by atoms with E-state index in [-0.39, 0.29) is 5.56 Å². The van der Waals surface area contributed by atoms with Crippen molar-refractivity contribution in [2.24, 2.45) is 0 Å². The van der Waals surface area contributed by atoms with Crippen molar-refractivity contribution < 1.29 is 14.2 Å². The van der Waals surface area contributed by atoms with Crippen molar-refractivity contribution in [3.63, 3.8) is 0 Å². The maximum Gasteiger partial charge on any atom is 0.258 e. The Morgan fingerprint density at radius 2 is 1.80 bits per heavy atom. The fourth-order valence-electron chi connectivity index (χ4n) is 2.95. The average Bonchev–Trinajstić information content (AvgIpc) is 2.66. The summed E-state index contributed by atoms with van der Waals surface area (Å²) >= 11 is 0. The number of aromatic amines is 1. The molecule has 126 valence electrons. The van der Waals surface area contributed by atoms with Crippen LogP contribution in [0.4, 0.5) is 0 Å². The van der Waals surface area contributed by atoms with Crippen LogP contribution in [-0.4, -0.2) is 24.2 Å². The lowest BCUT2D eigenvalue weighted by Crippen LogP contribution is -2.20. The summed E-state index contributed by atoms with van der Waals surface area (Å²) in [6.45, 7) is 0. The summed E-state index contributed by atoms with van der Waals surface area (Å²) in [5.74, 6) is 2.53. The number of para-hydroxylation sites is 2. The van der Waals surface area contributed by atoms with Gasteiger partial charge in [-0.15, -0.1) is 0 Å². The van der Waals surface area contributed by atoms with Gasteiger partial charge in [0.25, 0.3) is 5.56 Å². The monoisotopic (exact) mass is 336 g/mol. The van der Waals surface area contributed by atoms with Crippen molar-refractivity contribution in [2.45, 2.75) is 6.42 Å². The fourth-order valence-corrected chi connectivity index (χ4v) is 2.95. The molecular weight excluding hydrogens is 320 g/mol. The smallest absolute Gasteiger partial charge is 0.258 e. The van der Waals surface area contributed by atoms with E-state index in [1.807, 2.05) is 42.5 Å². The minimum absolute atomic E-state index is 0.223. The summed E-state index contributed by atoms with van der Waals surface area (Å²) < 4.78 is 16.6. The molecule has 0 saturated carbocycles. The van der Waals surface area contributed by atoms with Crippen molar-refractivity contribution in [2.75, 3.05) is 14.2 Å². The third kappa shape index (κ3) is 2.52. The highest BCUT2D eigenvalue weighted by molar-refractivity contribution is 5.65. The van der Waals surface area contributed by atoms with Crippen molar-refractivity contribution in [3.8, 4) is 34.5 Å². The summed E-state index contributed by atoms with van der Waals surface area (Å²) in [5, 5.41) is 0. The number of fused-ring (bicyclic) bond motifs is 2. The number of benzene rings is 2. The maximum absolute atomic E-state index is 12.6. The van der Waals surface area contributed by atoms with Crippen molar-refractivity contribution in [3.05, 3.63) is 63.9 Å². The van der Waals surface area contributed by atoms with E-state index in [1.165, 1.54) is 0 Å². The second kappa shape index (κ2) is 5.98. The Balaban J connectivity index is 1.85. The molecule has 0 spiro atoms. The standard InChI is InChI=1S/C19H16N2O4/c1-23-14-8-4-3-7-12(14)17-20-18(22)13-10-11-6-5-9-15(24-2)16(11)25-19(13)21-17/h3-9H,10H2,1-2H3,(H,20,21,22). The van der Waals surface area contributed by atoms with Crippen LogP contribution in [0.5, 0.6) is 23.1 Å². The van der Waals surface area contributed by atoms with Gasteiger partial charge < -0.3 is 19.2 Å². The van der Waals surface area contributed by atoms with E-state index in [1.54, 1.807) is 14.2 Å². The number of hydrogen-bond acceptors (Lipinski definition) is 5. The first-order valence-electron chi connectivity index (χ1n) is 7.81. The molecule has 1 N–H and O–H groups in total. The van der Waals surface area contributed by atoms with Crippen LogP contribution in [0.1, 0.15) is 11.1 Å². The highest BCUT2D eigenvalue weighted by Crippen LogP contribution is 2.41. The van der Waals surface area contributed by atoms with Gasteiger partial charge in [0.05, 0.1) is 25.3 Å². The van der Waals surface area contributed by atoms with Crippen molar-refractivity contribution in [1.29, 1.82) is 0 Å². The number of methoxy groups -OCH3 is 2. The molecule has 0 unspecified atom stereocenters. The molecule has 3 aromatic rings. The molecule has 2 heterocycles. The topological polar surface area (TPSA) is 73.4 Å². The van der Waals surface area contributed by atoms with Crippen molar-refractivity contribution in [1.82, 2.24) is 9.97 Å². The molecule has 4 rings (SSSR count). The van der Waals surface area contributed by atoms with Crippen LogP contribution in [0.25, 0.3) is 11.4 Å². The molecule has 0 amide bonds. The second-order valence-electron chi connectivity index (χ2n) is 5.63. The predicted molar refractivity (Wildman–Crippen MR) is 92.7 cm³/mol. The summed E-state index contributed by atoms with van der Waals surface area (Å²) in [6.07, 6.45) is 0.441. The van der Waals surface area contributed by atoms with Gasteiger partial charge in [0.1, 0.15) is 11.6 Å². The maximum atomic E-state index is 12.6. The van der Waals surface area contributed by atoms with Crippen molar-refractivity contribution >= 4 is 0 Å². The third-order valence-corrected chi connectivity index (χ3v) is 4.19. The van der Waals surface area contributed by atoms with Crippen LogP contribution >= 0.6 is 0 Å². The molecule has 1 aliphatic rings. The lowest BCUT2D eigenvalue weighted by atomic mass is 10.0. The van der Waals surface area contributed by atoms with E-state index < -0.39 is 0 Å². The zero-order valence-electron chi connectivity index (χ0n) is 13.8. The number of nitrogens with zero attached hydrogens (tertiary/aromatic N) is 1. The highest BCUT2D eigenvalue weighted by atomic mass is 16.5. The van der Waals surface area contributed by atoms with E-state index in [9.17, 15) is 4.79 Å². The number of rotatable bonds is 3. The van der Waals surface area contributed by atoms with Crippen LogP contribution in [0.3, 0.4) is 0 Å². The van der Waals surface area contributed by atoms with Gasteiger partial charge in [-0.1, -0.05) is 24.3 Å². The van der Waals surface area contributed by atoms with Crippen LogP contribution in [0, 0.1) is 0 Å². The van der Waals surface area contributed by atoms with E-state index in [0.717, 1.165) is 5.56 Å². The third-order valence-electron chi connectivity index (χ3n) is 4.19. The van der Waals surface area contributed by atoms with Crippen LogP contribution in [0.15, 0.2) is 47.3 Å². The van der Waals surface area contributed by atoms with Gasteiger partial charge in [-0.25, -0.2) is 0 Å². The zero-order valence-corrected chi connectivity index (χ0v) is 13.8. The highest BCUT2D eigenvalue weighted by Gasteiger charge is 2.25. The SMILES string of the molecule is COc1ccccc1-c1nc2c(c(=O)[nH]1)Cc1cccc(OC)c1O2. The van der Waals surface area contributed by atoms with E-state index >= 15 is 0 Å². The summed E-state index contributed by atoms with van der Waals surface area (Å²) in [6, 6.07) is 13.0. The number of nitrogens with one attached hydrogen (secondary N) is 1. The Morgan fingerprint density at radius 3 is 2.60 bits per heavy atom. The number of aromatic nitrogens is 2. The molecule has 0 bridgehead atoms. The van der Waals surface area contributed by atoms with Gasteiger partial charge in [-0.3, -0.25) is 4.79 Å². The first kappa shape index (κ1) is 15.3. The van der Waals surface area contributed by atoms with Gasteiger partial charge in [-0.2, -0.15) is 4.98 Å². The Morgan fingerprint density at radius 1 is 1.04 bits per heavy atom. The second-order valence-corrected chi connectivity index (χ2v) is 5.63. The summed E-state index contributed by atoms with van der Waals surface area (Å²) in [7, 11) is 3.16. The quantitative estimate of drug-likeness (QED) is 0.622. The van der Waals surface area contributed by atoms with Gasteiger partial charge >= 0.3 is 0 Å². The van der Waals surface area contributed by atoms with E-state index in [0.29, 0.717) is 46.5 Å². The molecule has 1 aliphatic heterocycles. The number of ether oxygens (including phenoxy) is 3. The first-order valence-corrected chi connectivity index (χ1v) is 7.81. The lowest BCUT2D eigenvalue weighted by molar-refractivity contribution is 0.365. The molecule has 0 aliphatic carbocycles. The zero-order chi connectivity index (χ0) is 17.4. The molecule has 25 heavy (non-hydrogen) atoms. The first-order chi connectivity index (χ1) is 12.2. The molecule has 1 aromatic heterocycles. The summed E-state index contributed by atoms with van der Waals surface area (Å²) in [5.41, 5.74) is 1.86. The Kier molecular flexibility index (Phi) is 3.65. The Hall–Kier alpha value is -3.28. The molecular formula is C19H16N2O4. The molecule has 6 heteroatoms. The predicted octanol–water partition coefficient (Wildman–Crippen LogP) is 3.15. The average molecular weight is 336 g/mol. The van der Waals surface area contributed by atoms with E-state index in [2.05, 4.69) is 9.97 Å². The van der Waals surface area contributed by atoms with Crippen LogP contribution in [-0.2, 0) is 6.42 Å². The minimum Gasteiger partial charge on any atom is -0.496 e. The summed E-state index contributed by atoms with van der Waals surface area (Å²) in [4.78, 5) is 19.9. The van der Waals surface area contributed by atoms with E-state index in [4.69, 9.17) is 14.2 Å². The Labute approximate surface area is 144 Å². The van der Waals surface area contributed by atoms with Gasteiger partial charge in [0.15, 0.2) is 11.5 Å². The fraction of sp³-hybridized carbons (Fsp3) is 0.158. The molecule has 0 fully saturated rings. The van der Waals surface area contributed by atoms with Gasteiger partial charge in [0, 0.05) is 12.0 Å². The minimum atomic E-state index is -0.223. The molecule has 6 nitrogen and oxygen atoms in total. The normalized spacial score (nSPS) is 11.9. The molecule has 0 atom stereocenters. The number of H-pyrrole nitrogens is 1. The Bertz CT molecular complexity index is 1010. The molecule has 0 saturated heterocycles. The molecule has 2 aromatic carbocycles. The van der Waals surface area contributed by atoms with Crippen LogP contribution < -0.4 is 19.8 Å². The van der Waals surface area contributed by atoms with Crippen LogP contribution in [0.2, 0.25) is 0 Å². The lowest BCUT2D eigenvalue weighted by Gasteiger charge is -2.21. The van der Waals surface area contributed by atoms with Gasteiger partial charge in [0.2, 0.25) is 5.88 Å². The molecule has 0 radical (unpaired) electrons.